The van der Waals surface area contributed by atoms with Crippen molar-refractivity contribution < 1.29 is 0 Å². The molecule has 0 radical (unpaired) electrons. The van der Waals surface area contributed by atoms with Gasteiger partial charge in [0.15, 0.2) is 0 Å². The predicted molar refractivity (Wildman–Crippen MR) is 27.8 cm³/mol. The number of hydrogen-bond acceptors (Lipinski definition) is 2. The fourth-order valence-corrected chi connectivity index (χ4v) is 0.158. The first kappa shape index (κ1) is 5.34. The second-order valence-electron chi connectivity index (χ2n) is 0.881. The fraction of sp³-hybridized carbons (Fsp3) is 0.500. The number of rotatable bonds is 2. The summed E-state index contributed by atoms with van der Waals surface area (Å²) in [5.41, 5.74) is 0. The number of nitrogens with zero attached hydrogens (tertiary/aromatic N) is 1. The lowest BCUT2D eigenvalue weighted by Gasteiger charge is -1.68. The molecule has 0 aliphatic rings. The largest absolute Gasteiger partial charge is 0.313 e. The van der Waals surface area contributed by atoms with E-state index in [1.807, 2.05) is 0 Å². The van der Waals surface area contributed by atoms with Crippen LogP contribution in [0.4, 0.5) is 0 Å². The highest BCUT2D eigenvalue weighted by atomic mass is 14.6. The van der Waals surface area contributed by atoms with Crippen molar-refractivity contribution in [1.82, 2.24) is 0 Å². The Morgan fingerprint density at radius 3 is 2.67 bits per heavy atom. The van der Waals surface area contributed by atoms with Gasteiger partial charge in [-0.25, -0.2) is 0 Å². The van der Waals surface area contributed by atoms with Gasteiger partial charge in [-0.1, -0.05) is 0 Å². The molecule has 0 amide bonds. The molecule has 0 unspecified atom stereocenters. The summed E-state index contributed by atoms with van der Waals surface area (Å²) in [5.74, 6) is 0. The SMILES string of the molecule is CN=CCC=N. The molecule has 0 fully saturated rings. The van der Waals surface area contributed by atoms with Gasteiger partial charge in [0.1, 0.15) is 0 Å². The molecule has 0 aromatic carbocycles. The number of aliphatic imine (C=N–C) groups is 1. The van der Waals surface area contributed by atoms with Crippen LogP contribution in [0.2, 0.25) is 0 Å². The predicted octanol–water partition coefficient (Wildman–Crippen LogP) is 0.727. The number of hydrogen-bond donors (Lipinski definition) is 1. The molecule has 0 saturated heterocycles. The molecule has 0 spiro atoms. The van der Waals surface area contributed by atoms with E-state index in [0.29, 0.717) is 6.42 Å². The second-order valence-corrected chi connectivity index (χ2v) is 0.881. The van der Waals surface area contributed by atoms with E-state index in [4.69, 9.17) is 5.41 Å². The van der Waals surface area contributed by atoms with Crippen LogP contribution in [0.3, 0.4) is 0 Å². The molecule has 1 N–H and O–H groups in total. The van der Waals surface area contributed by atoms with Gasteiger partial charge in [-0.05, 0) is 0 Å². The Morgan fingerprint density at radius 1 is 1.83 bits per heavy atom. The molecule has 6 heavy (non-hydrogen) atoms. The van der Waals surface area contributed by atoms with Crippen LogP contribution in [-0.4, -0.2) is 19.5 Å². The summed E-state index contributed by atoms with van der Waals surface area (Å²) in [7, 11) is 1.70. The van der Waals surface area contributed by atoms with Crippen LogP contribution in [0.25, 0.3) is 0 Å². The zero-order chi connectivity index (χ0) is 4.83. The smallest absolute Gasteiger partial charge is 0.0273 e. The average Bonchev–Trinajstić information content (AvgIpc) is 1.61. The van der Waals surface area contributed by atoms with E-state index in [2.05, 4.69) is 4.99 Å². The van der Waals surface area contributed by atoms with Crippen molar-refractivity contribution in [1.29, 1.82) is 5.41 Å². The summed E-state index contributed by atoms with van der Waals surface area (Å²) >= 11 is 0. The van der Waals surface area contributed by atoms with E-state index in [0.717, 1.165) is 0 Å². The third kappa shape index (κ3) is 3.34. The van der Waals surface area contributed by atoms with Crippen LogP contribution >= 0.6 is 0 Å². The lowest BCUT2D eigenvalue weighted by atomic mass is 10.5. The van der Waals surface area contributed by atoms with Crippen LogP contribution in [0.5, 0.6) is 0 Å². The van der Waals surface area contributed by atoms with Crippen LogP contribution in [0, 0.1) is 5.41 Å². The maximum atomic E-state index is 6.49. The van der Waals surface area contributed by atoms with Gasteiger partial charge in [-0.3, -0.25) is 0 Å². The fourth-order valence-electron chi connectivity index (χ4n) is 0.158. The van der Waals surface area contributed by atoms with Gasteiger partial charge < -0.3 is 10.4 Å². The molecule has 0 bridgehead atoms. The summed E-state index contributed by atoms with van der Waals surface area (Å²) in [4.78, 5) is 3.65. The maximum Gasteiger partial charge on any atom is 0.0273 e. The summed E-state index contributed by atoms with van der Waals surface area (Å²) in [6.07, 6.45) is 3.66. The molecule has 0 aliphatic carbocycles. The highest BCUT2D eigenvalue weighted by Crippen LogP contribution is 1.59. The van der Waals surface area contributed by atoms with Gasteiger partial charge >= 0.3 is 0 Å². The highest BCUT2D eigenvalue weighted by molar-refractivity contribution is 5.77. The monoisotopic (exact) mass is 84.1 g/mol. The van der Waals surface area contributed by atoms with Gasteiger partial charge in [-0.2, -0.15) is 0 Å². The molecule has 0 rings (SSSR count). The Kier molecular flexibility index (Phi) is 3.86. The normalized spacial score (nSPS) is 9.50. The molecule has 2 heteroatoms. The molecule has 0 aromatic rings. The molecule has 0 aromatic heterocycles. The Hall–Kier alpha value is -0.660. The van der Waals surface area contributed by atoms with Crippen molar-refractivity contribution in [2.45, 2.75) is 6.42 Å². The van der Waals surface area contributed by atoms with Gasteiger partial charge in [0.25, 0.3) is 0 Å². The minimum Gasteiger partial charge on any atom is -0.313 e. The first-order valence-electron chi connectivity index (χ1n) is 1.81. The first-order valence-corrected chi connectivity index (χ1v) is 1.81. The van der Waals surface area contributed by atoms with E-state index in [9.17, 15) is 0 Å². The molecular formula is C4H8N2. The van der Waals surface area contributed by atoms with Crippen LogP contribution in [-0.2, 0) is 0 Å². The molecule has 0 heterocycles. The topological polar surface area (TPSA) is 36.2 Å². The Balaban J connectivity index is 2.85. The van der Waals surface area contributed by atoms with Crippen LogP contribution < -0.4 is 0 Å². The van der Waals surface area contributed by atoms with Gasteiger partial charge in [0.2, 0.25) is 0 Å². The van der Waals surface area contributed by atoms with Crippen LogP contribution in [0.1, 0.15) is 6.42 Å². The minimum atomic E-state index is 0.663. The lowest BCUT2D eigenvalue weighted by molar-refractivity contribution is 1.42. The standard InChI is InChI=1S/C4H8N2/c1-6-4-2-3-5/h3-5H,2H2,1H3. The zero-order valence-corrected chi connectivity index (χ0v) is 3.81. The van der Waals surface area contributed by atoms with Crippen molar-refractivity contribution in [3.63, 3.8) is 0 Å². The van der Waals surface area contributed by atoms with E-state index in [1.54, 1.807) is 13.3 Å². The van der Waals surface area contributed by atoms with E-state index >= 15 is 0 Å². The van der Waals surface area contributed by atoms with Crippen molar-refractivity contribution in [3.05, 3.63) is 0 Å². The third-order valence-electron chi connectivity index (χ3n) is 0.406. The van der Waals surface area contributed by atoms with E-state index in [1.165, 1.54) is 6.21 Å². The van der Waals surface area contributed by atoms with Crippen molar-refractivity contribution in [3.8, 4) is 0 Å². The summed E-state index contributed by atoms with van der Waals surface area (Å²) in [5, 5.41) is 6.49. The van der Waals surface area contributed by atoms with E-state index < -0.39 is 0 Å². The molecular weight excluding hydrogens is 76.1 g/mol. The summed E-state index contributed by atoms with van der Waals surface area (Å²) < 4.78 is 0. The van der Waals surface area contributed by atoms with Gasteiger partial charge in [0.05, 0.1) is 0 Å². The second kappa shape index (κ2) is 4.34. The highest BCUT2D eigenvalue weighted by Gasteiger charge is 1.60. The van der Waals surface area contributed by atoms with Crippen molar-refractivity contribution in [2.24, 2.45) is 4.99 Å². The van der Waals surface area contributed by atoms with Crippen molar-refractivity contribution >= 4 is 12.4 Å². The average molecular weight is 84.1 g/mol. The number of nitrogens with one attached hydrogen (secondary N) is 1. The van der Waals surface area contributed by atoms with Crippen molar-refractivity contribution in [2.75, 3.05) is 7.05 Å². The summed E-state index contributed by atoms with van der Waals surface area (Å²) in [6.45, 7) is 0. The van der Waals surface area contributed by atoms with E-state index in [-0.39, 0.29) is 0 Å². The Morgan fingerprint density at radius 2 is 2.50 bits per heavy atom. The molecule has 34 valence electrons. The van der Waals surface area contributed by atoms with Crippen LogP contribution in [0.15, 0.2) is 4.99 Å². The van der Waals surface area contributed by atoms with Gasteiger partial charge in [-0.15, -0.1) is 0 Å². The van der Waals surface area contributed by atoms with Gasteiger partial charge in [0, 0.05) is 25.9 Å². The molecule has 0 atom stereocenters. The Labute approximate surface area is 37.4 Å². The quantitative estimate of drug-likeness (QED) is 0.479. The Bertz CT molecular complexity index is 56.6. The lowest BCUT2D eigenvalue weighted by Crippen LogP contribution is -1.71. The maximum absolute atomic E-state index is 6.49. The molecule has 2 nitrogen and oxygen atoms in total. The summed E-state index contributed by atoms with van der Waals surface area (Å²) in [6, 6.07) is 0. The minimum absolute atomic E-state index is 0.663. The first-order chi connectivity index (χ1) is 2.91. The zero-order valence-electron chi connectivity index (χ0n) is 3.81. The third-order valence-corrected chi connectivity index (χ3v) is 0.406. The molecule has 0 saturated carbocycles. The molecule has 0 aliphatic heterocycles.